The van der Waals surface area contributed by atoms with E-state index in [4.69, 9.17) is 16.0 Å². The molecule has 0 aliphatic rings. The molecule has 2 aromatic heterocycles. The molecule has 0 atom stereocenters. The number of aryl methyl sites for hydroxylation is 1. The summed E-state index contributed by atoms with van der Waals surface area (Å²) in [6.45, 7) is 4.03. The van der Waals surface area contributed by atoms with Gasteiger partial charge in [0.2, 0.25) is 0 Å². The number of aromatic nitrogens is 2. The highest BCUT2D eigenvalue weighted by Gasteiger charge is 2.14. The molecule has 3 rings (SSSR count). The van der Waals surface area contributed by atoms with E-state index < -0.39 is 11.7 Å². The molecule has 0 radical (unpaired) electrons. The molecule has 0 fully saturated rings. The number of carbonyl (C=O) groups is 1. The average Bonchev–Trinajstić information content (AvgIpc) is 3.18. The highest BCUT2D eigenvalue weighted by Crippen LogP contribution is 2.20. The van der Waals surface area contributed by atoms with Crippen LogP contribution < -0.4 is 5.43 Å². The van der Waals surface area contributed by atoms with E-state index in [2.05, 4.69) is 15.6 Å². The predicted octanol–water partition coefficient (Wildman–Crippen LogP) is 3.70. The summed E-state index contributed by atoms with van der Waals surface area (Å²) in [5.41, 5.74) is 4.13. The molecule has 0 spiro atoms. The number of hydrogen-bond donors (Lipinski definition) is 1. The van der Waals surface area contributed by atoms with Crippen molar-refractivity contribution in [1.82, 2.24) is 15.2 Å². The number of carbonyl (C=O) groups excluding carboxylic acids is 1. The van der Waals surface area contributed by atoms with Crippen molar-refractivity contribution in [2.24, 2.45) is 5.10 Å². The van der Waals surface area contributed by atoms with E-state index in [0.717, 1.165) is 11.4 Å². The Morgan fingerprint density at radius 2 is 2.12 bits per heavy atom. The highest BCUT2D eigenvalue weighted by atomic mass is 35.5. The van der Waals surface area contributed by atoms with Crippen LogP contribution in [0.25, 0.3) is 0 Å². The van der Waals surface area contributed by atoms with Crippen LogP contribution in [0.4, 0.5) is 4.39 Å². The molecule has 1 aromatic carbocycles. The minimum absolute atomic E-state index is 0.0957. The van der Waals surface area contributed by atoms with Gasteiger partial charge in [-0.3, -0.25) is 9.48 Å². The lowest BCUT2D eigenvalue weighted by Gasteiger charge is -2.01. The van der Waals surface area contributed by atoms with Gasteiger partial charge in [0.15, 0.2) is 5.76 Å². The zero-order chi connectivity index (χ0) is 18.7. The Morgan fingerprint density at radius 3 is 2.81 bits per heavy atom. The first-order valence-corrected chi connectivity index (χ1v) is 8.19. The van der Waals surface area contributed by atoms with Gasteiger partial charge in [0, 0.05) is 5.56 Å². The molecule has 0 saturated carbocycles. The summed E-state index contributed by atoms with van der Waals surface area (Å²) < 4.78 is 20.7. The smallest absolute Gasteiger partial charge is 0.307 e. The minimum Gasteiger partial charge on any atom is -0.454 e. The van der Waals surface area contributed by atoms with Crippen LogP contribution in [-0.4, -0.2) is 21.9 Å². The third-order valence-corrected chi connectivity index (χ3v) is 4.31. The van der Waals surface area contributed by atoms with Crippen LogP contribution >= 0.6 is 11.6 Å². The first-order chi connectivity index (χ1) is 12.5. The van der Waals surface area contributed by atoms with Crippen molar-refractivity contribution in [2.45, 2.75) is 20.4 Å². The van der Waals surface area contributed by atoms with Gasteiger partial charge in [-0.25, -0.2) is 9.82 Å². The minimum atomic E-state index is -0.532. The Morgan fingerprint density at radius 1 is 1.35 bits per heavy atom. The number of hydrogen-bond acceptors (Lipinski definition) is 4. The van der Waals surface area contributed by atoms with Crippen molar-refractivity contribution in [3.63, 3.8) is 0 Å². The van der Waals surface area contributed by atoms with E-state index in [1.807, 2.05) is 13.8 Å². The third kappa shape index (κ3) is 3.83. The van der Waals surface area contributed by atoms with Crippen LogP contribution in [0.5, 0.6) is 0 Å². The lowest BCUT2D eigenvalue weighted by Crippen LogP contribution is -2.17. The van der Waals surface area contributed by atoms with Gasteiger partial charge in [-0.2, -0.15) is 10.2 Å². The summed E-state index contributed by atoms with van der Waals surface area (Å²) in [6.07, 6.45) is 1.23. The van der Waals surface area contributed by atoms with Gasteiger partial charge in [0.25, 0.3) is 0 Å². The van der Waals surface area contributed by atoms with Crippen LogP contribution in [-0.2, 0) is 6.54 Å². The van der Waals surface area contributed by atoms with Crippen molar-refractivity contribution < 1.29 is 13.6 Å². The van der Waals surface area contributed by atoms with Crippen molar-refractivity contribution in [3.05, 3.63) is 75.7 Å². The van der Waals surface area contributed by atoms with Crippen LogP contribution in [0.1, 0.15) is 33.3 Å². The molecule has 0 saturated heterocycles. The molecule has 0 aliphatic heterocycles. The second-order valence-corrected chi connectivity index (χ2v) is 6.01. The topological polar surface area (TPSA) is 72.4 Å². The van der Waals surface area contributed by atoms with Gasteiger partial charge in [-0.1, -0.05) is 29.8 Å². The number of amides is 1. The van der Waals surface area contributed by atoms with E-state index in [-0.39, 0.29) is 11.3 Å². The summed E-state index contributed by atoms with van der Waals surface area (Å²) in [5, 5.41) is 8.67. The van der Waals surface area contributed by atoms with E-state index in [0.29, 0.717) is 17.3 Å². The van der Waals surface area contributed by atoms with Crippen LogP contribution in [0.15, 0.2) is 45.9 Å². The zero-order valence-electron chi connectivity index (χ0n) is 14.2. The Hall–Kier alpha value is -2.93. The molecule has 3 aromatic rings. The van der Waals surface area contributed by atoms with Crippen LogP contribution in [0.2, 0.25) is 5.02 Å². The Balaban J connectivity index is 1.64. The van der Waals surface area contributed by atoms with Crippen LogP contribution in [0, 0.1) is 19.7 Å². The third-order valence-electron chi connectivity index (χ3n) is 3.76. The number of nitrogens with zero attached hydrogens (tertiary/aromatic N) is 3. The van der Waals surface area contributed by atoms with Crippen molar-refractivity contribution >= 4 is 23.7 Å². The number of nitrogens with one attached hydrogen (secondary N) is 1. The molecule has 8 heteroatoms. The number of hydrazone groups is 1. The molecular formula is C18H16ClFN4O2. The fraction of sp³-hybridized carbons (Fsp3) is 0.167. The summed E-state index contributed by atoms with van der Waals surface area (Å²) in [4.78, 5) is 12.1. The quantitative estimate of drug-likeness (QED) is 0.546. The first-order valence-electron chi connectivity index (χ1n) is 7.82. The second-order valence-electron chi connectivity index (χ2n) is 5.63. The summed E-state index contributed by atoms with van der Waals surface area (Å²) in [6, 6.07) is 9.33. The number of halogens is 2. The SMILES string of the molecule is Cc1nn(Cc2ccc(C(=O)N/N=C\c3ccccc3F)o2)c(C)c1Cl. The van der Waals surface area contributed by atoms with Crippen molar-refractivity contribution in [1.29, 1.82) is 0 Å². The lowest BCUT2D eigenvalue weighted by atomic mass is 10.2. The van der Waals surface area contributed by atoms with E-state index in [9.17, 15) is 9.18 Å². The van der Waals surface area contributed by atoms with Gasteiger partial charge >= 0.3 is 5.91 Å². The number of benzene rings is 1. The van der Waals surface area contributed by atoms with Gasteiger partial charge < -0.3 is 4.42 Å². The molecule has 26 heavy (non-hydrogen) atoms. The molecule has 134 valence electrons. The Bertz CT molecular complexity index is 977. The fourth-order valence-corrected chi connectivity index (χ4v) is 2.49. The number of rotatable bonds is 5. The average molecular weight is 375 g/mol. The lowest BCUT2D eigenvalue weighted by molar-refractivity contribution is 0.0925. The van der Waals surface area contributed by atoms with E-state index in [1.54, 1.807) is 28.9 Å². The maximum Gasteiger partial charge on any atom is 0.307 e. The van der Waals surface area contributed by atoms with Gasteiger partial charge in [0.05, 0.1) is 29.2 Å². The van der Waals surface area contributed by atoms with Gasteiger partial charge in [0.1, 0.15) is 11.6 Å². The maximum absolute atomic E-state index is 13.5. The molecular weight excluding hydrogens is 359 g/mol. The van der Waals surface area contributed by atoms with Gasteiger partial charge in [-0.15, -0.1) is 0 Å². The van der Waals surface area contributed by atoms with E-state index in [1.165, 1.54) is 18.3 Å². The summed E-state index contributed by atoms with van der Waals surface area (Å²) in [7, 11) is 0. The molecule has 0 aliphatic carbocycles. The normalized spacial score (nSPS) is 11.2. The standard InChI is InChI=1S/C18H16ClFN4O2/c1-11-17(19)12(2)24(23-11)10-14-7-8-16(26-14)18(25)22-21-9-13-5-3-4-6-15(13)20/h3-9H,10H2,1-2H3,(H,22,25)/b21-9-. The molecule has 6 nitrogen and oxygen atoms in total. The fourth-order valence-electron chi connectivity index (χ4n) is 2.36. The van der Waals surface area contributed by atoms with Crippen molar-refractivity contribution in [3.8, 4) is 0 Å². The van der Waals surface area contributed by atoms with Gasteiger partial charge in [-0.05, 0) is 32.0 Å². The van der Waals surface area contributed by atoms with Crippen molar-refractivity contribution in [2.75, 3.05) is 0 Å². The Kier molecular flexibility index (Phi) is 5.18. The maximum atomic E-state index is 13.5. The predicted molar refractivity (Wildman–Crippen MR) is 96.0 cm³/mol. The zero-order valence-corrected chi connectivity index (χ0v) is 14.9. The monoisotopic (exact) mass is 374 g/mol. The molecule has 1 amide bonds. The second kappa shape index (κ2) is 7.53. The largest absolute Gasteiger partial charge is 0.454 e. The van der Waals surface area contributed by atoms with E-state index >= 15 is 0 Å². The summed E-state index contributed by atoms with van der Waals surface area (Å²) >= 11 is 6.12. The molecule has 1 N–H and O–H groups in total. The Labute approximate surface area is 154 Å². The summed E-state index contributed by atoms with van der Waals surface area (Å²) in [5.74, 6) is -0.307. The number of furan rings is 1. The highest BCUT2D eigenvalue weighted by molar-refractivity contribution is 6.31. The first kappa shape index (κ1) is 17.9. The van der Waals surface area contributed by atoms with Crippen LogP contribution in [0.3, 0.4) is 0 Å². The molecule has 2 heterocycles. The molecule has 0 bridgehead atoms. The molecule has 0 unspecified atom stereocenters.